The molecule has 17 heavy (non-hydrogen) atoms. The predicted octanol–water partition coefficient (Wildman–Crippen LogP) is 4.99. The fourth-order valence-corrected chi connectivity index (χ4v) is 2.25. The number of benzene rings is 1. The molecule has 0 amide bonds. The minimum atomic E-state index is -0.438. The molecule has 0 aliphatic carbocycles. The Morgan fingerprint density at radius 1 is 1.41 bits per heavy atom. The second-order valence-corrected chi connectivity index (χ2v) is 5.07. The van der Waals surface area contributed by atoms with Crippen LogP contribution < -0.4 is 0 Å². The lowest BCUT2D eigenvalue weighted by molar-refractivity contribution is 0.0904. The molecule has 1 atom stereocenters. The van der Waals surface area contributed by atoms with Crippen LogP contribution in [0.4, 0.5) is 4.39 Å². The van der Waals surface area contributed by atoms with E-state index in [0.29, 0.717) is 4.47 Å². The Balaban J connectivity index is 2.90. The minimum Gasteiger partial charge on any atom is -0.294 e. The van der Waals surface area contributed by atoms with E-state index in [1.54, 1.807) is 18.2 Å². The van der Waals surface area contributed by atoms with E-state index >= 15 is 0 Å². The molecule has 1 rings (SSSR count). The molecule has 0 bridgehead atoms. The third kappa shape index (κ3) is 3.63. The number of hydrogen-bond donors (Lipinski definition) is 0. The third-order valence-electron chi connectivity index (χ3n) is 2.99. The standard InChI is InChI=1S/C14H18BrFO/c1-3-5-7-10(4-2)14(17)11-8-6-9-12(15)13(11)16/h6,8-10H,3-5,7H2,1-2H3. The molecule has 0 saturated carbocycles. The van der Waals surface area contributed by atoms with Crippen LogP contribution in [-0.2, 0) is 0 Å². The van der Waals surface area contributed by atoms with Gasteiger partial charge in [0.25, 0.3) is 0 Å². The number of carbonyl (C=O) groups excluding carboxylic acids is 1. The molecule has 0 saturated heterocycles. The molecule has 0 N–H and O–H groups in total. The summed E-state index contributed by atoms with van der Waals surface area (Å²) >= 11 is 3.11. The summed E-state index contributed by atoms with van der Waals surface area (Å²) in [5.74, 6) is -0.564. The van der Waals surface area contributed by atoms with Crippen molar-refractivity contribution in [3.63, 3.8) is 0 Å². The van der Waals surface area contributed by atoms with E-state index in [1.807, 2.05) is 6.92 Å². The topological polar surface area (TPSA) is 17.1 Å². The predicted molar refractivity (Wildman–Crippen MR) is 71.7 cm³/mol. The first-order chi connectivity index (χ1) is 8.11. The van der Waals surface area contributed by atoms with Gasteiger partial charge in [-0.25, -0.2) is 4.39 Å². The number of rotatable bonds is 6. The van der Waals surface area contributed by atoms with Gasteiger partial charge >= 0.3 is 0 Å². The van der Waals surface area contributed by atoms with Gasteiger partial charge in [-0.15, -0.1) is 0 Å². The fourth-order valence-electron chi connectivity index (χ4n) is 1.89. The van der Waals surface area contributed by atoms with Gasteiger partial charge < -0.3 is 0 Å². The minimum absolute atomic E-state index is 0.0567. The Bertz CT molecular complexity index is 390. The average Bonchev–Trinajstić information content (AvgIpc) is 2.33. The Kier molecular flexibility index (Phi) is 5.83. The molecule has 1 nitrogen and oxygen atoms in total. The highest BCUT2D eigenvalue weighted by molar-refractivity contribution is 9.10. The smallest absolute Gasteiger partial charge is 0.168 e. The highest BCUT2D eigenvalue weighted by Crippen LogP contribution is 2.24. The van der Waals surface area contributed by atoms with Crippen LogP contribution in [0.5, 0.6) is 0 Å². The van der Waals surface area contributed by atoms with Crippen LogP contribution in [0.2, 0.25) is 0 Å². The van der Waals surface area contributed by atoms with Gasteiger partial charge in [0.2, 0.25) is 0 Å². The molecule has 0 fully saturated rings. The van der Waals surface area contributed by atoms with E-state index in [9.17, 15) is 9.18 Å². The van der Waals surface area contributed by atoms with E-state index in [-0.39, 0.29) is 17.3 Å². The first kappa shape index (κ1) is 14.4. The Morgan fingerprint density at radius 2 is 2.12 bits per heavy atom. The SMILES string of the molecule is CCCCC(CC)C(=O)c1cccc(Br)c1F. The van der Waals surface area contributed by atoms with Crippen LogP contribution in [0, 0.1) is 11.7 Å². The lowest BCUT2D eigenvalue weighted by Crippen LogP contribution is -2.15. The molecular weight excluding hydrogens is 283 g/mol. The van der Waals surface area contributed by atoms with Crippen molar-refractivity contribution in [2.45, 2.75) is 39.5 Å². The number of halogens is 2. The van der Waals surface area contributed by atoms with Crippen molar-refractivity contribution in [1.82, 2.24) is 0 Å². The van der Waals surface area contributed by atoms with Crippen LogP contribution in [0.1, 0.15) is 49.9 Å². The number of carbonyl (C=O) groups is 1. The van der Waals surface area contributed by atoms with Crippen molar-refractivity contribution in [3.8, 4) is 0 Å². The lowest BCUT2D eigenvalue weighted by atomic mass is 9.90. The highest BCUT2D eigenvalue weighted by Gasteiger charge is 2.21. The molecule has 94 valence electrons. The molecule has 1 aromatic carbocycles. The van der Waals surface area contributed by atoms with Gasteiger partial charge in [0.1, 0.15) is 5.82 Å². The van der Waals surface area contributed by atoms with Gasteiger partial charge in [0.15, 0.2) is 5.78 Å². The summed E-state index contributed by atoms with van der Waals surface area (Å²) < 4.78 is 14.2. The quantitative estimate of drug-likeness (QED) is 0.677. The Morgan fingerprint density at radius 3 is 2.71 bits per heavy atom. The Hall–Kier alpha value is -0.700. The maximum absolute atomic E-state index is 13.8. The zero-order valence-electron chi connectivity index (χ0n) is 10.3. The van der Waals surface area contributed by atoms with Crippen molar-refractivity contribution in [3.05, 3.63) is 34.1 Å². The summed E-state index contributed by atoms with van der Waals surface area (Å²) in [5.41, 5.74) is 0.210. The van der Waals surface area contributed by atoms with E-state index in [2.05, 4.69) is 22.9 Å². The van der Waals surface area contributed by atoms with Gasteiger partial charge in [0, 0.05) is 5.92 Å². The zero-order valence-corrected chi connectivity index (χ0v) is 11.9. The summed E-state index contributed by atoms with van der Waals surface area (Å²) in [7, 11) is 0. The molecule has 0 aromatic heterocycles. The van der Waals surface area contributed by atoms with Crippen molar-refractivity contribution >= 4 is 21.7 Å². The van der Waals surface area contributed by atoms with Crippen LogP contribution in [-0.4, -0.2) is 5.78 Å². The summed E-state index contributed by atoms with van der Waals surface area (Å²) in [6.07, 6.45) is 3.69. The summed E-state index contributed by atoms with van der Waals surface area (Å²) in [6, 6.07) is 4.88. The monoisotopic (exact) mass is 300 g/mol. The molecule has 1 aromatic rings. The van der Waals surface area contributed by atoms with E-state index in [0.717, 1.165) is 25.7 Å². The Labute approximate surface area is 111 Å². The number of ketones is 1. The van der Waals surface area contributed by atoms with Crippen molar-refractivity contribution in [2.24, 2.45) is 5.92 Å². The second kappa shape index (κ2) is 6.90. The maximum Gasteiger partial charge on any atom is 0.168 e. The number of unbranched alkanes of at least 4 members (excludes halogenated alkanes) is 1. The van der Waals surface area contributed by atoms with E-state index in [4.69, 9.17) is 0 Å². The molecule has 1 unspecified atom stereocenters. The van der Waals surface area contributed by atoms with Crippen LogP contribution in [0.3, 0.4) is 0 Å². The van der Waals surface area contributed by atoms with Gasteiger partial charge in [-0.2, -0.15) is 0 Å². The number of Topliss-reactive ketones (excluding diaryl/α,β-unsaturated/α-hetero) is 1. The van der Waals surface area contributed by atoms with Crippen molar-refractivity contribution in [1.29, 1.82) is 0 Å². The maximum atomic E-state index is 13.8. The second-order valence-electron chi connectivity index (χ2n) is 4.21. The molecule has 0 aliphatic heterocycles. The fraction of sp³-hybridized carbons (Fsp3) is 0.500. The summed E-state index contributed by atoms with van der Waals surface area (Å²) in [5, 5.41) is 0. The summed E-state index contributed by atoms with van der Waals surface area (Å²) in [4.78, 5) is 12.2. The average molecular weight is 301 g/mol. The molecule has 0 heterocycles. The van der Waals surface area contributed by atoms with Gasteiger partial charge in [-0.1, -0.05) is 32.8 Å². The van der Waals surface area contributed by atoms with Crippen molar-refractivity contribution < 1.29 is 9.18 Å². The molecule has 0 spiro atoms. The van der Waals surface area contributed by atoms with Crippen LogP contribution in [0.15, 0.2) is 22.7 Å². The zero-order chi connectivity index (χ0) is 12.8. The van der Waals surface area contributed by atoms with Gasteiger partial charge in [0.05, 0.1) is 10.0 Å². The summed E-state index contributed by atoms with van der Waals surface area (Å²) in [6.45, 7) is 4.07. The lowest BCUT2D eigenvalue weighted by Gasteiger charge is -2.14. The largest absolute Gasteiger partial charge is 0.294 e. The third-order valence-corrected chi connectivity index (χ3v) is 3.60. The van der Waals surface area contributed by atoms with E-state index < -0.39 is 5.82 Å². The highest BCUT2D eigenvalue weighted by atomic mass is 79.9. The van der Waals surface area contributed by atoms with E-state index in [1.165, 1.54) is 0 Å². The first-order valence-electron chi connectivity index (χ1n) is 6.10. The van der Waals surface area contributed by atoms with Crippen molar-refractivity contribution in [2.75, 3.05) is 0 Å². The first-order valence-corrected chi connectivity index (χ1v) is 6.89. The molecule has 3 heteroatoms. The molecular formula is C14H18BrFO. The number of hydrogen-bond acceptors (Lipinski definition) is 1. The normalized spacial score (nSPS) is 12.5. The molecule has 0 aliphatic rings. The molecule has 0 radical (unpaired) electrons. The van der Waals surface area contributed by atoms with Gasteiger partial charge in [-0.3, -0.25) is 4.79 Å². The van der Waals surface area contributed by atoms with Crippen LogP contribution in [0.25, 0.3) is 0 Å². The van der Waals surface area contributed by atoms with Crippen LogP contribution >= 0.6 is 15.9 Å². The van der Waals surface area contributed by atoms with Gasteiger partial charge in [-0.05, 0) is 40.9 Å².